The molecule has 1 aliphatic heterocycles. The molecule has 0 radical (unpaired) electrons. The van der Waals surface area contributed by atoms with Crippen molar-refractivity contribution < 1.29 is 4.79 Å². The molecular weight excluding hydrogens is 268 g/mol. The van der Waals surface area contributed by atoms with Crippen molar-refractivity contribution in [2.45, 2.75) is 18.5 Å². The lowest BCUT2D eigenvalue weighted by atomic mass is 10.1. The molecule has 0 bridgehead atoms. The van der Waals surface area contributed by atoms with Gasteiger partial charge in [-0.05, 0) is 17.7 Å². The first-order valence-corrected chi connectivity index (χ1v) is 7.00. The van der Waals surface area contributed by atoms with Crippen LogP contribution in [-0.4, -0.2) is 35.4 Å². The zero-order valence-corrected chi connectivity index (χ0v) is 12.0. The highest BCUT2D eigenvalue weighted by molar-refractivity contribution is 7.99. The summed E-state index contributed by atoms with van der Waals surface area (Å²) < 4.78 is 0. The summed E-state index contributed by atoms with van der Waals surface area (Å²) >= 11 is 1.90. The van der Waals surface area contributed by atoms with E-state index in [1.807, 2.05) is 54.0 Å². The molecule has 1 aliphatic rings. The number of rotatable bonds is 3. The Morgan fingerprint density at radius 1 is 1.44 bits per heavy atom. The molecule has 18 heavy (non-hydrogen) atoms. The highest BCUT2D eigenvalue weighted by Crippen LogP contribution is 2.23. The Bertz CT molecular complexity index is 382. The van der Waals surface area contributed by atoms with Crippen molar-refractivity contribution in [3.05, 3.63) is 35.9 Å². The number of halogens is 1. The van der Waals surface area contributed by atoms with Crippen LogP contribution in [0, 0.1) is 0 Å². The van der Waals surface area contributed by atoms with Gasteiger partial charge in [-0.15, -0.1) is 12.4 Å². The summed E-state index contributed by atoms with van der Waals surface area (Å²) in [6.07, 6.45) is 1.08. The molecule has 0 spiro atoms. The van der Waals surface area contributed by atoms with Crippen LogP contribution in [-0.2, 0) is 4.79 Å². The minimum absolute atomic E-state index is 0. The topological polar surface area (TPSA) is 46.3 Å². The minimum Gasteiger partial charge on any atom is -0.340 e. The van der Waals surface area contributed by atoms with E-state index >= 15 is 0 Å². The molecule has 1 heterocycles. The van der Waals surface area contributed by atoms with E-state index in [-0.39, 0.29) is 18.3 Å². The fraction of sp³-hybridized carbons (Fsp3) is 0.462. The Morgan fingerprint density at radius 2 is 2.11 bits per heavy atom. The summed E-state index contributed by atoms with van der Waals surface area (Å²) in [5.74, 6) is 2.19. The number of carbonyl (C=O) groups is 1. The van der Waals surface area contributed by atoms with Crippen LogP contribution in [0.4, 0.5) is 0 Å². The Hall–Kier alpha value is -0.710. The number of carbonyl (C=O) groups excluding carboxylic acids is 1. The average Bonchev–Trinajstić information content (AvgIpc) is 2.91. The van der Waals surface area contributed by atoms with Gasteiger partial charge in [0.1, 0.15) is 6.04 Å². The predicted molar refractivity (Wildman–Crippen MR) is 79.1 cm³/mol. The fourth-order valence-corrected chi connectivity index (χ4v) is 3.30. The largest absolute Gasteiger partial charge is 0.340 e. The van der Waals surface area contributed by atoms with E-state index in [4.69, 9.17) is 5.73 Å². The van der Waals surface area contributed by atoms with Crippen molar-refractivity contribution in [1.82, 2.24) is 4.90 Å². The predicted octanol–water partition coefficient (Wildman–Crippen LogP) is 2.07. The zero-order chi connectivity index (χ0) is 12.3. The molecule has 0 aromatic heterocycles. The van der Waals surface area contributed by atoms with Crippen LogP contribution in [0.1, 0.15) is 18.0 Å². The molecule has 2 atom stereocenters. The smallest absolute Gasteiger partial charge is 0.244 e. The molecule has 100 valence electrons. The standard InChI is InChI=1S/C13H18N2OS.ClH/c1-15(11-7-8-17-9-11)13(16)12(14)10-5-3-2-4-6-10;/h2-6,11-12H,7-9,14H2,1H3;1H. The van der Waals surface area contributed by atoms with E-state index in [0.29, 0.717) is 6.04 Å². The van der Waals surface area contributed by atoms with E-state index in [2.05, 4.69) is 0 Å². The lowest BCUT2D eigenvalue weighted by Gasteiger charge is -2.26. The molecule has 0 saturated carbocycles. The van der Waals surface area contributed by atoms with Gasteiger partial charge < -0.3 is 10.6 Å². The van der Waals surface area contributed by atoms with Crippen LogP contribution in [0.3, 0.4) is 0 Å². The summed E-state index contributed by atoms with van der Waals surface area (Å²) in [5.41, 5.74) is 6.89. The van der Waals surface area contributed by atoms with Gasteiger partial charge in [0.05, 0.1) is 0 Å². The van der Waals surface area contributed by atoms with Gasteiger partial charge in [0, 0.05) is 18.8 Å². The molecule has 5 heteroatoms. The van der Waals surface area contributed by atoms with Crippen molar-refractivity contribution in [1.29, 1.82) is 0 Å². The fourth-order valence-electron chi connectivity index (χ4n) is 2.03. The second-order valence-electron chi connectivity index (χ2n) is 4.35. The monoisotopic (exact) mass is 286 g/mol. The lowest BCUT2D eigenvalue weighted by molar-refractivity contribution is -0.133. The third-order valence-corrected chi connectivity index (χ3v) is 4.37. The second-order valence-corrected chi connectivity index (χ2v) is 5.50. The number of hydrogen-bond donors (Lipinski definition) is 1. The van der Waals surface area contributed by atoms with Crippen LogP contribution < -0.4 is 5.73 Å². The number of thioether (sulfide) groups is 1. The van der Waals surface area contributed by atoms with Crippen LogP contribution in [0.15, 0.2) is 30.3 Å². The number of nitrogens with zero attached hydrogens (tertiary/aromatic N) is 1. The first-order valence-electron chi connectivity index (χ1n) is 5.85. The normalized spacial score (nSPS) is 20.0. The third kappa shape index (κ3) is 3.40. The van der Waals surface area contributed by atoms with Gasteiger partial charge in [-0.2, -0.15) is 11.8 Å². The Morgan fingerprint density at radius 3 is 2.67 bits per heavy atom. The third-order valence-electron chi connectivity index (χ3n) is 3.23. The first kappa shape index (κ1) is 15.3. The van der Waals surface area contributed by atoms with Crippen molar-refractivity contribution in [3.63, 3.8) is 0 Å². The highest BCUT2D eigenvalue weighted by atomic mass is 35.5. The number of benzene rings is 1. The maximum Gasteiger partial charge on any atom is 0.244 e. The molecular formula is C13H19ClN2OS. The van der Waals surface area contributed by atoms with Crippen molar-refractivity contribution in [2.75, 3.05) is 18.6 Å². The molecule has 3 nitrogen and oxygen atoms in total. The summed E-state index contributed by atoms with van der Waals surface area (Å²) in [6, 6.07) is 9.37. The molecule has 1 aromatic rings. The van der Waals surface area contributed by atoms with Crippen molar-refractivity contribution in [3.8, 4) is 0 Å². The first-order chi connectivity index (χ1) is 8.20. The van der Waals surface area contributed by atoms with E-state index < -0.39 is 6.04 Å². The SMILES string of the molecule is CN(C(=O)C(N)c1ccccc1)C1CCSC1.Cl. The van der Waals surface area contributed by atoms with Crippen LogP contribution >= 0.6 is 24.2 Å². The molecule has 2 unspecified atom stereocenters. The minimum atomic E-state index is -0.535. The summed E-state index contributed by atoms with van der Waals surface area (Å²) in [4.78, 5) is 14.0. The molecule has 1 amide bonds. The molecule has 0 aliphatic carbocycles. The number of hydrogen-bond acceptors (Lipinski definition) is 3. The van der Waals surface area contributed by atoms with Crippen LogP contribution in [0.2, 0.25) is 0 Å². The van der Waals surface area contributed by atoms with Gasteiger partial charge >= 0.3 is 0 Å². The van der Waals surface area contributed by atoms with E-state index in [0.717, 1.165) is 23.5 Å². The van der Waals surface area contributed by atoms with Gasteiger partial charge in [-0.25, -0.2) is 0 Å². The number of likely N-dealkylation sites (N-methyl/N-ethyl adjacent to an activating group) is 1. The quantitative estimate of drug-likeness (QED) is 0.925. The summed E-state index contributed by atoms with van der Waals surface area (Å²) in [7, 11) is 1.86. The number of nitrogens with two attached hydrogens (primary N) is 1. The highest BCUT2D eigenvalue weighted by Gasteiger charge is 2.27. The van der Waals surface area contributed by atoms with E-state index in [9.17, 15) is 4.79 Å². The maximum atomic E-state index is 12.2. The maximum absolute atomic E-state index is 12.2. The van der Waals surface area contributed by atoms with Gasteiger partial charge in [0.15, 0.2) is 0 Å². The average molecular weight is 287 g/mol. The molecule has 1 saturated heterocycles. The summed E-state index contributed by atoms with van der Waals surface area (Å²) in [5, 5.41) is 0. The zero-order valence-electron chi connectivity index (χ0n) is 10.4. The molecule has 2 N–H and O–H groups in total. The molecule has 2 rings (SSSR count). The van der Waals surface area contributed by atoms with E-state index in [1.54, 1.807) is 0 Å². The van der Waals surface area contributed by atoms with Gasteiger partial charge in [-0.3, -0.25) is 4.79 Å². The van der Waals surface area contributed by atoms with Gasteiger partial charge in [0.2, 0.25) is 5.91 Å². The Labute approximate surface area is 119 Å². The van der Waals surface area contributed by atoms with Crippen LogP contribution in [0.5, 0.6) is 0 Å². The van der Waals surface area contributed by atoms with Crippen molar-refractivity contribution >= 4 is 30.1 Å². The van der Waals surface area contributed by atoms with Gasteiger partial charge in [0.25, 0.3) is 0 Å². The summed E-state index contributed by atoms with van der Waals surface area (Å²) in [6.45, 7) is 0. The second kappa shape index (κ2) is 7.02. The van der Waals surface area contributed by atoms with Gasteiger partial charge in [-0.1, -0.05) is 30.3 Å². The van der Waals surface area contributed by atoms with E-state index in [1.165, 1.54) is 0 Å². The Kier molecular flexibility index (Phi) is 5.99. The Balaban J connectivity index is 0.00000162. The molecule has 1 fully saturated rings. The molecule has 1 aromatic carbocycles. The van der Waals surface area contributed by atoms with Crippen LogP contribution in [0.25, 0.3) is 0 Å². The number of amides is 1. The lowest BCUT2D eigenvalue weighted by Crippen LogP contribution is -2.42. The van der Waals surface area contributed by atoms with Crippen molar-refractivity contribution in [2.24, 2.45) is 5.73 Å².